The van der Waals surface area contributed by atoms with Crippen molar-refractivity contribution in [2.75, 3.05) is 10.6 Å². The van der Waals surface area contributed by atoms with Gasteiger partial charge in [0, 0.05) is 21.4 Å². The third kappa shape index (κ3) is 4.80. The summed E-state index contributed by atoms with van der Waals surface area (Å²) >= 11 is 14.7. The van der Waals surface area contributed by atoms with Crippen LogP contribution in [0.25, 0.3) is 0 Å². The lowest BCUT2D eigenvalue weighted by Crippen LogP contribution is -2.18. The maximum Gasteiger partial charge on any atom is 0.175 e. The first-order valence-electron chi connectivity index (χ1n) is 7.19. The van der Waals surface area contributed by atoms with Crippen LogP contribution in [0.15, 0.2) is 65.4 Å². The Morgan fingerprint density at radius 3 is 2.62 bits per heavy atom. The molecule has 7 heteroatoms. The summed E-state index contributed by atoms with van der Waals surface area (Å²) in [5.74, 6) is 0. The van der Waals surface area contributed by atoms with Gasteiger partial charge in [-0.2, -0.15) is 5.10 Å². The third-order valence-corrected chi connectivity index (χ3v) is 4.20. The molecular weight excluding hydrogens is 408 g/mol. The molecule has 4 nitrogen and oxygen atoms in total. The minimum Gasteiger partial charge on any atom is -0.332 e. The van der Waals surface area contributed by atoms with Gasteiger partial charge in [-0.15, -0.1) is 0 Å². The first kappa shape index (κ1) is 17.0. The monoisotopic (exact) mass is 420 g/mol. The average Bonchev–Trinajstić information content (AvgIpc) is 2.96. The second-order valence-electron chi connectivity index (χ2n) is 5.14. The van der Waals surface area contributed by atoms with Gasteiger partial charge in [0.1, 0.15) is 0 Å². The summed E-state index contributed by atoms with van der Waals surface area (Å²) in [6, 6.07) is 15.5. The number of hydrogen-bond donors (Lipinski definition) is 2. The van der Waals surface area contributed by atoms with Crippen molar-refractivity contribution in [1.82, 2.24) is 9.78 Å². The summed E-state index contributed by atoms with van der Waals surface area (Å²) in [6.07, 6.45) is 3.65. The molecule has 0 aliphatic rings. The number of rotatable bonds is 4. The molecule has 0 spiro atoms. The predicted octanol–water partition coefficient (Wildman–Crippen LogP) is 5.16. The molecule has 0 aliphatic carbocycles. The number of halogens is 2. The standard InChI is InChI=1S/C17H14BrClN4S/c18-13-6-4-12(5-7-13)10-23-11-16(9-20-23)22-17(24)21-15-3-1-2-14(19)8-15/h1-9,11H,10H2,(H2,21,22,24). The SMILES string of the molecule is S=C(Nc1cccc(Cl)c1)Nc1cnn(Cc2ccc(Br)cc2)c1. The lowest BCUT2D eigenvalue weighted by molar-refractivity contribution is 0.687. The van der Waals surface area contributed by atoms with Crippen molar-refractivity contribution < 1.29 is 0 Å². The van der Waals surface area contributed by atoms with E-state index < -0.39 is 0 Å². The van der Waals surface area contributed by atoms with Crippen LogP contribution in [0.4, 0.5) is 11.4 Å². The highest BCUT2D eigenvalue weighted by molar-refractivity contribution is 9.10. The summed E-state index contributed by atoms with van der Waals surface area (Å²) in [7, 11) is 0. The second kappa shape index (κ2) is 7.79. The normalized spacial score (nSPS) is 10.4. The molecule has 2 N–H and O–H groups in total. The highest BCUT2D eigenvalue weighted by Crippen LogP contribution is 2.16. The smallest absolute Gasteiger partial charge is 0.175 e. The Morgan fingerprint density at radius 2 is 1.88 bits per heavy atom. The van der Waals surface area contributed by atoms with Crippen molar-refractivity contribution in [1.29, 1.82) is 0 Å². The van der Waals surface area contributed by atoms with Gasteiger partial charge in [0.05, 0.1) is 18.4 Å². The van der Waals surface area contributed by atoms with Crippen molar-refractivity contribution in [3.8, 4) is 0 Å². The molecule has 0 radical (unpaired) electrons. The Bertz CT molecular complexity index is 848. The van der Waals surface area contributed by atoms with E-state index in [1.165, 1.54) is 5.56 Å². The summed E-state index contributed by atoms with van der Waals surface area (Å²) in [4.78, 5) is 0. The molecule has 0 atom stereocenters. The van der Waals surface area contributed by atoms with Crippen LogP contribution in [0.1, 0.15) is 5.56 Å². The van der Waals surface area contributed by atoms with Gasteiger partial charge < -0.3 is 10.6 Å². The highest BCUT2D eigenvalue weighted by atomic mass is 79.9. The average molecular weight is 422 g/mol. The molecular formula is C17H14BrClN4S. The Hall–Kier alpha value is -1.89. The Labute approximate surface area is 159 Å². The van der Waals surface area contributed by atoms with E-state index in [1.54, 1.807) is 6.20 Å². The lowest BCUT2D eigenvalue weighted by atomic mass is 10.2. The van der Waals surface area contributed by atoms with E-state index in [9.17, 15) is 0 Å². The first-order chi connectivity index (χ1) is 11.6. The molecule has 0 saturated heterocycles. The summed E-state index contributed by atoms with van der Waals surface area (Å²) < 4.78 is 2.92. The van der Waals surface area contributed by atoms with Crippen molar-refractivity contribution in [2.45, 2.75) is 6.54 Å². The largest absolute Gasteiger partial charge is 0.332 e. The molecule has 0 bridgehead atoms. The van der Waals surface area contributed by atoms with Gasteiger partial charge in [0.25, 0.3) is 0 Å². The number of anilines is 2. The van der Waals surface area contributed by atoms with Crippen LogP contribution in [0.2, 0.25) is 5.02 Å². The minimum absolute atomic E-state index is 0.487. The zero-order valence-electron chi connectivity index (χ0n) is 12.5. The van der Waals surface area contributed by atoms with Crippen molar-refractivity contribution in [2.24, 2.45) is 0 Å². The van der Waals surface area contributed by atoms with E-state index in [1.807, 2.05) is 47.3 Å². The number of benzene rings is 2. The predicted molar refractivity (Wildman–Crippen MR) is 107 cm³/mol. The van der Waals surface area contributed by atoms with Crippen LogP contribution in [0.5, 0.6) is 0 Å². The Kier molecular flexibility index (Phi) is 5.50. The summed E-state index contributed by atoms with van der Waals surface area (Å²) in [5, 5.41) is 11.7. The maximum atomic E-state index is 5.96. The number of nitrogens with one attached hydrogen (secondary N) is 2. The van der Waals surface area contributed by atoms with Gasteiger partial charge in [0.2, 0.25) is 0 Å². The minimum atomic E-state index is 0.487. The van der Waals surface area contributed by atoms with Crippen LogP contribution in [-0.4, -0.2) is 14.9 Å². The fourth-order valence-corrected chi connectivity index (χ4v) is 2.84. The van der Waals surface area contributed by atoms with E-state index in [2.05, 4.69) is 43.8 Å². The molecule has 3 rings (SSSR count). The fraction of sp³-hybridized carbons (Fsp3) is 0.0588. The van der Waals surface area contributed by atoms with E-state index in [-0.39, 0.29) is 0 Å². The Balaban J connectivity index is 1.59. The maximum absolute atomic E-state index is 5.96. The summed E-state index contributed by atoms with van der Waals surface area (Å²) in [5.41, 5.74) is 2.83. The lowest BCUT2D eigenvalue weighted by Gasteiger charge is -2.09. The van der Waals surface area contributed by atoms with E-state index in [4.69, 9.17) is 23.8 Å². The van der Waals surface area contributed by atoms with Crippen LogP contribution in [-0.2, 0) is 6.54 Å². The summed E-state index contributed by atoms with van der Waals surface area (Å²) in [6.45, 7) is 0.698. The third-order valence-electron chi connectivity index (χ3n) is 3.23. The van der Waals surface area contributed by atoms with Gasteiger partial charge in [-0.1, -0.05) is 45.7 Å². The van der Waals surface area contributed by atoms with Crippen LogP contribution in [0, 0.1) is 0 Å². The number of hydrogen-bond acceptors (Lipinski definition) is 2. The molecule has 0 amide bonds. The molecule has 0 saturated carbocycles. The first-order valence-corrected chi connectivity index (χ1v) is 8.77. The molecule has 0 fully saturated rings. The number of nitrogens with zero attached hydrogens (tertiary/aromatic N) is 2. The van der Waals surface area contributed by atoms with Crippen LogP contribution in [0.3, 0.4) is 0 Å². The van der Waals surface area contributed by atoms with Crippen LogP contribution < -0.4 is 10.6 Å². The molecule has 2 aromatic carbocycles. The van der Waals surface area contributed by atoms with Crippen molar-refractivity contribution >= 4 is 56.2 Å². The van der Waals surface area contributed by atoms with Gasteiger partial charge in [0.15, 0.2) is 5.11 Å². The molecule has 0 aliphatic heterocycles. The van der Waals surface area contributed by atoms with Gasteiger partial charge >= 0.3 is 0 Å². The molecule has 0 unspecified atom stereocenters. The highest BCUT2D eigenvalue weighted by Gasteiger charge is 2.03. The number of thiocarbonyl (C=S) groups is 1. The molecule has 24 heavy (non-hydrogen) atoms. The second-order valence-corrected chi connectivity index (χ2v) is 6.90. The van der Waals surface area contributed by atoms with Gasteiger partial charge in [-0.05, 0) is 48.1 Å². The molecule has 3 aromatic rings. The van der Waals surface area contributed by atoms with Gasteiger partial charge in [-0.3, -0.25) is 4.68 Å². The quantitative estimate of drug-likeness (QED) is 0.571. The van der Waals surface area contributed by atoms with Crippen LogP contribution >= 0.6 is 39.7 Å². The van der Waals surface area contributed by atoms with Crippen molar-refractivity contribution in [3.63, 3.8) is 0 Å². The van der Waals surface area contributed by atoms with E-state index >= 15 is 0 Å². The van der Waals surface area contributed by atoms with Gasteiger partial charge in [-0.25, -0.2) is 0 Å². The molecule has 122 valence electrons. The van der Waals surface area contributed by atoms with Crippen molar-refractivity contribution in [3.05, 3.63) is 76.0 Å². The topological polar surface area (TPSA) is 41.9 Å². The molecule has 1 aromatic heterocycles. The Morgan fingerprint density at radius 1 is 1.12 bits per heavy atom. The fourth-order valence-electron chi connectivity index (χ4n) is 2.15. The van der Waals surface area contributed by atoms with E-state index in [0.717, 1.165) is 15.8 Å². The van der Waals surface area contributed by atoms with E-state index in [0.29, 0.717) is 16.7 Å². The zero-order chi connectivity index (χ0) is 16.9. The zero-order valence-corrected chi connectivity index (χ0v) is 15.7. The number of aromatic nitrogens is 2. The molecule has 1 heterocycles.